The second-order valence-electron chi connectivity index (χ2n) is 5.96. The van der Waals surface area contributed by atoms with Crippen LogP contribution in [0.1, 0.15) is 12.0 Å². The number of terminal acetylenes is 1. The van der Waals surface area contributed by atoms with Crippen molar-refractivity contribution in [2.45, 2.75) is 24.3 Å². The van der Waals surface area contributed by atoms with Gasteiger partial charge in [0, 0.05) is 18.7 Å². The summed E-state index contributed by atoms with van der Waals surface area (Å²) >= 11 is 0. The van der Waals surface area contributed by atoms with Gasteiger partial charge in [-0.15, -0.1) is 6.42 Å². The van der Waals surface area contributed by atoms with Crippen LogP contribution in [0, 0.1) is 31.0 Å². The molecule has 0 radical (unpaired) electrons. The summed E-state index contributed by atoms with van der Waals surface area (Å²) in [6.07, 6.45) is 9.38. The lowest BCUT2D eigenvalue weighted by Crippen LogP contribution is -2.39. The standard InChI is InChI=1S/C17H18FN3O3S/c1-3-16(13-6-7-24-11-13)20-25(22,23)14-4-5-17(15(18)8-14)21-10-12(2)9-19-21/h1,4-5,8-10,13,16,20H,6-7,11H2,2H3. The molecule has 8 heteroatoms. The monoisotopic (exact) mass is 363 g/mol. The predicted octanol–water partition coefficient (Wildman–Crippen LogP) is 1.64. The summed E-state index contributed by atoms with van der Waals surface area (Å²) in [5.74, 6) is 1.67. The molecule has 1 fully saturated rings. The van der Waals surface area contributed by atoms with E-state index in [1.165, 1.54) is 16.8 Å². The Kier molecular flexibility index (Phi) is 4.90. The summed E-state index contributed by atoms with van der Waals surface area (Å²) < 4.78 is 48.5. The molecule has 132 valence electrons. The van der Waals surface area contributed by atoms with Crippen molar-refractivity contribution in [3.8, 4) is 18.0 Å². The molecule has 0 aliphatic carbocycles. The van der Waals surface area contributed by atoms with Crippen LogP contribution in [-0.2, 0) is 14.8 Å². The van der Waals surface area contributed by atoms with Crippen LogP contribution in [0.25, 0.3) is 5.69 Å². The predicted molar refractivity (Wildman–Crippen MR) is 90.1 cm³/mol. The number of benzene rings is 1. The zero-order chi connectivity index (χ0) is 18.0. The second kappa shape index (κ2) is 6.96. The van der Waals surface area contributed by atoms with Gasteiger partial charge in [-0.1, -0.05) is 5.92 Å². The van der Waals surface area contributed by atoms with Crippen molar-refractivity contribution in [3.63, 3.8) is 0 Å². The van der Waals surface area contributed by atoms with E-state index in [1.54, 1.807) is 12.4 Å². The topological polar surface area (TPSA) is 73.2 Å². The van der Waals surface area contributed by atoms with E-state index in [0.29, 0.717) is 19.6 Å². The molecule has 0 amide bonds. The molecule has 0 bridgehead atoms. The minimum atomic E-state index is -3.94. The molecule has 2 unspecified atom stereocenters. The van der Waals surface area contributed by atoms with Crippen molar-refractivity contribution < 1.29 is 17.5 Å². The van der Waals surface area contributed by atoms with E-state index in [2.05, 4.69) is 15.7 Å². The minimum absolute atomic E-state index is 0.0871. The molecule has 3 rings (SSSR count). The average molecular weight is 363 g/mol. The molecule has 1 aliphatic heterocycles. The van der Waals surface area contributed by atoms with E-state index in [9.17, 15) is 12.8 Å². The molecule has 2 heterocycles. The Morgan fingerprint density at radius 1 is 1.52 bits per heavy atom. The van der Waals surface area contributed by atoms with Gasteiger partial charge in [0.15, 0.2) is 0 Å². The molecule has 1 aromatic heterocycles. The van der Waals surface area contributed by atoms with E-state index in [-0.39, 0.29) is 16.5 Å². The summed E-state index contributed by atoms with van der Waals surface area (Å²) in [6, 6.07) is 2.98. The van der Waals surface area contributed by atoms with Crippen LogP contribution in [-0.4, -0.2) is 37.5 Å². The van der Waals surface area contributed by atoms with Crippen LogP contribution < -0.4 is 4.72 Å². The lowest BCUT2D eigenvalue weighted by atomic mass is 10.0. The SMILES string of the molecule is C#CC(NS(=O)(=O)c1ccc(-n2cc(C)cn2)c(F)c1)C1CCOC1. The first-order chi connectivity index (χ1) is 11.9. The largest absolute Gasteiger partial charge is 0.381 e. The van der Waals surface area contributed by atoms with Gasteiger partial charge in [-0.05, 0) is 37.1 Å². The third-order valence-corrected chi connectivity index (χ3v) is 5.52. The maximum Gasteiger partial charge on any atom is 0.241 e. The highest BCUT2D eigenvalue weighted by Gasteiger charge is 2.29. The lowest BCUT2D eigenvalue weighted by Gasteiger charge is -2.18. The van der Waals surface area contributed by atoms with Crippen LogP contribution >= 0.6 is 0 Å². The molecule has 2 aromatic rings. The number of ether oxygens (including phenoxy) is 1. The van der Waals surface area contributed by atoms with Gasteiger partial charge in [0.05, 0.1) is 23.7 Å². The summed E-state index contributed by atoms with van der Waals surface area (Å²) in [6.45, 7) is 2.79. The van der Waals surface area contributed by atoms with E-state index in [4.69, 9.17) is 11.2 Å². The third-order valence-electron chi connectivity index (χ3n) is 4.09. The first-order valence-electron chi connectivity index (χ1n) is 7.78. The molecule has 0 spiro atoms. The smallest absolute Gasteiger partial charge is 0.241 e. The number of nitrogens with one attached hydrogen (secondary N) is 1. The van der Waals surface area contributed by atoms with Crippen molar-refractivity contribution >= 4 is 10.0 Å². The Balaban J connectivity index is 1.85. The number of rotatable bonds is 5. The quantitative estimate of drug-likeness (QED) is 0.820. The highest BCUT2D eigenvalue weighted by atomic mass is 32.2. The van der Waals surface area contributed by atoms with Gasteiger partial charge in [-0.3, -0.25) is 0 Å². The summed E-state index contributed by atoms with van der Waals surface area (Å²) in [4.78, 5) is -0.184. The molecule has 0 saturated carbocycles. The Hall–Kier alpha value is -2.21. The van der Waals surface area contributed by atoms with E-state index < -0.39 is 21.9 Å². The maximum absolute atomic E-state index is 14.4. The first-order valence-corrected chi connectivity index (χ1v) is 9.26. The van der Waals surface area contributed by atoms with Crippen LogP contribution in [0.2, 0.25) is 0 Å². The van der Waals surface area contributed by atoms with Crippen molar-refractivity contribution in [3.05, 3.63) is 42.0 Å². The summed E-state index contributed by atoms with van der Waals surface area (Å²) in [5, 5.41) is 4.02. The van der Waals surface area contributed by atoms with E-state index in [1.807, 2.05) is 6.92 Å². The van der Waals surface area contributed by atoms with Crippen molar-refractivity contribution in [1.82, 2.24) is 14.5 Å². The van der Waals surface area contributed by atoms with Gasteiger partial charge in [-0.2, -0.15) is 9.82 Å². The number of aryl methyl sites for hydroxylation is 1. The molecule has 2 atom stereocenters. The fraction of sp³-hybridized carbons (Fsp3) is 0.353. The molecule has 1 saturated heterocycles. The first kappa shape index (κ1) is 17.6. The molecule has 1 N–H and O–H groups in total. The van der Waals surface area contributed by atoms with Crippen molar-refractivity contribution in [1.29, 1.82) is 0 Å². The van der Waals surface area contributed by atoms with Gasteiger partial charge >= 0.3 is 0 Å². The Bertz CT molecular complexity index is 911. The average Bonchev–Trinajstić information content (AvgIpc) is 3.24. The van der Waals surface area contributed by atoms with E-state index in [0.717, 1.165) is 11.6 Å². The molecular weight excluding hydrogens is 345 g/mol. The van der Waals surface area contributed by atoms with Gasteiger partial charge < -0.3 is 4.74 Å². The maximum atomic E-state index is 14.4. The summed E-state index contributed by atoms with van der Waals surface area (Å²) in [7, 11) is -3.94. The number of nitrogens with zero attached hydrogens (tertiary/aromatic N) is 2. The van der Waals surface area contributed by atoms with Crippen molar-refractivity contribution in [2.75, 3.05) is 13.2 Å². The number of hydrogen-bond acceptors (Lipinski definition) is 4. The lowest BCUT2D eigenvalue weighted by molar-refractivity contribution is 0.183. The highest BCUT2D eigenvalue weighted by molar-refractivity contribution is 7.89. The normalized spacial score (nSPS) is 18.8. The van der Waals surface area contributed by atoms with Gasteiger partial charge in [0.2, 0.25) is 10.0 Å². The third kappa shape index (κ3) is 3.74. The number of hydrogen-bond donors (Lipinski definition) is 1. The Morgan fingerprint density at radius 2 is 2.32 bits per heavy atom. The molecule has 1 aliphatic rings. The van der Waals surface area contributed by atoms with E-state index >= 15 is 0 Å². The fourth-order valence-corrected chi connectivity index (χ4v) is 3.94. The second-order valence-corrected chi connectivity index (χ2v) is 7.68. The molecule has 1 aromatic carbocycles. The van der Waals surface area contributed by atoms with Crippen LogP contribution in [0.3, 0.4) is 0 Å². The Labute approximate surface area is 146 Å². The van der Waals surface area contributed by atoms with Gasteiger partial charge in [-0.25, -0.2) is 17.5 Å². The molecule has 6 nitrogen and oxygen atoms in total. The molecular formula is C17H18FN3O3S. The zero-order valence-corrected chi connectivity index (χ0v) is 14.5. The zero-order valence-electron chi connectivity index (χ0n) is 13.6. The van der Waals surface area contributed by atoms with Crippen LogP contribution in [0.15, 0.2) is 35.5 Å². The minimum Gasteiger partial charge on any atom is -0.381 e. The molecule has 25 heavy (non-hydrogen) atoms. The summed E-state index contributed by atoms with van der Waals surface area (Å²) in [5.41, 5.74) is 1.04. The highest BCUT2D eigenvalue weighted by Crippen LogP contribution is 2.21. The van der Waals surface area contributed by atoms with Crippen LogP contribution in [0.5, 0.6) is 0 Å². The van der Waals surface area contributed by atoms with Crippen molar-refractivity contribution in [2.24, 2.45) is 5.92 Å². The van der Waals surface area contributed by atoms with Gasteiger partial charge in [0.25, 0.3) is 0 Å². The van der Waals surface area contributed by atoms with Crippen LogP contribution in [0.4, 0.5) is 4.39 Å². The number of halogens is 1. The Morgan fingerprint density at radius 3 is 2.88 bits per heavy atom. The van der Waals surface area contributed by atoms with Gasteiger partial charge in [0.1, 0.15) is 11.5 Å². The fourth-order valence-electron chi connectivity index (χ4n) is 2.70. The number of aromatic nitrogens is 2. The number of sulfonamides is 1.